The molecular weight excluding hydrogens is 1590 g/mol. The second-order valence-electron chi connectivity index (χ2n) is 38.9. The van der Waals surface area contributed by atoms with Gasteiger partial charge in [-0.2, -0.15) is 0 Å². The summed E-state index contributed by atoms with van der Waals surface area (Å²) >= 11 is 0. The maximum atomic E-state index is 13.6. The van der Waals surface area contributed by atoms with E-state index >= 15 is 0 Å². The molecule has 0 fully saturated rings. The molecule has 0 amide bonds. The van der Waals surface area contributed by atoms with Crippen molar-refractivity contribution < 1.29 is 57.2 Å². The second-order valence-corrected chi connectivity index (χ2v) is 38.9. The molecule has 758 valence electrons. The Morgan fingerprint density at radius 1 is 0.125 bits per heavy atom. The first-order valence-electron chi connectivity index (χ1n) is 56.8. The molecule has 0 spiro atoms. The van der Waals surface area contributed by atoms with Crippen LogP contribution in [-0.4, -0.2) is 174 Å². The summed E-state index contributed by atoms with van der Waals surface area (Å²) in [6.07, 6.45) is 95.1. The largest absolute Gasteiger partial charge is 0.466 e. The first-order valence-corrected chi connectivity index (χ1v) is 56.8. The summed E-state index contributed by atoms with van der Waals surface area (Å²) < 4.78 is 35.1. The van der Waals surface area contributed by atoms with Crippen molar-refractivity contribution in [2.45, 2.75) is 568 Å². The van der Waals surface area contributed by atoms with E-state index in [1.54, 1.807) is 0 Å². The number of carbonyl (C=O) groups is 6. The number of ether oxygens (including phenoxy) is 6. The number of nitrogens with zero attached hydrogens (tertiary/aromatic N) is 4. The lowest BCUT2D eigenvalue weighted by Crippen LogP contribution is -2.35. The van der Waals surface area contributed by atoms with Gasteiger partial charge in [0.15, 0.2) is 0 Å². The van der Waals surface area contributed by atoms with Gasteiger partial charge in [-0.3, -0.25) is 28.8 Å². The Morgan fingerprint density at radius 2 is 0.227 bits per heavy atom. The zero-order valence-corrected chi connectivity index (χ0v) is 86.4. The molecule has 0 aliphatic rings. The third-order valence-electron chi connectivity index (χ3n) is 26.5. The summed E-state index contributed by atoms with van der Waals surface area (Å²) in [5.41, 5.74) is 0. The molecule has 0 saturated carbocycles. The molecule has 16 nitrogen and oxygen atoms in total. The molecule has 0 atom stereocenters. The topological polar surface area (TPSA) is 171 Å². The van der Waals surface area contributed by atoms with Crippen molar-refractivity contribution in [2.24, 2.45) is 0 Å². The summed E-state index contributed by atoms with van der Waals surface area (Å²) in [7, 11) is 0. The second kappa shape index (κ2) is 106. The van der Waals surface area contributed by atoms with E-state index in [0.717, 1.165) is 129 Å². The van der Waals surface area contributed by atoms with E-state index in [4.69, 9.17) is 28.4 Å². The van der Waals surface area contributed by atoms with E-state index in [0.29, 0.717) is 105 Å². The van der Waals surface area contributed by atoms with E-state index in [1.807, 2.05) is 0 Å². The number of esters is 6. The van der Waals surface area contributed by atoms with Gasteiger partial charge in [-0.1, -0.05) is 465 Å². The van der Waals surface area contributed by atoms with E-state index < -0.39 is 0 Å². The van der Waals surface area contributed by atoms with Crippen LogP contribution >= 0.6 is 0 Å². The van der Waals surface area contributed by atoms with Gasteiger partial charge in [0.1, 0.15) is 0 Å². The molecule has 0 saturated heterocycles. The summed E-state index contributed by atoms with van der Waals surface area (Å²) in [6.45, 7) is 23.8. The molecule has 0 bridgehead atoms. The Kier molecular flexibility index (Phi) is 103. The minimum absolute atomic E-state index is 0.159. The SMILES string of the molecule is CCCCCCCCCCCCCCOC(=O)CCN(CCCCN(CCCN(CCC(=O)OCCCCCCCCCCCCCC)CCC(=O)OCCCCCCCCCCCCCC)CCC(=O)OCCCCCCCCCCCCCC)CCCN(CCC(=O)OCCCCCCCCCCCCCC)CCC(=O)OCCCCCCCCCCCCCC. The molecule has 0 aliphatic heterocycles. The van der Waals surface area contributed by atoms with E-state index in [1.165, 1.54) is 385 Å². The van der Waals surface area contributed by atoms with Crippen LogP contribution in [-0.2, 0) is 57.2 Å². The summed E-state index contributed by atoms with van der Waals surface area (Å²) in [5, 5.41) is 0. The Balaban J connectivity index is 6.55. The van der Waals surface area contributed by atoms with Gasteiger partial charge in [-0.15, -0.1) is 0 Å². The Hall–Kier alpha value is -3.34. The Morgan fingerprint density at radius 3 is 0.352 bits per heavy atom. The van der Waals surface area contributed by atoms with Crippen molar-refractivity contribution in [1.82, 2.24) is 19.6 Å². The van der Waals surface area contributed by atoms with Crippen LogP contribution in [0.15, 0.2) is 0 Å². The van der Waals surface area contributed by atoms with Gasteiger partial charge in [0.25, 0.3) is 0 Å². The third kappa shape index (κ3) is 98.6. The minimum atomic E-state index is -0.191. The van der Waals surface area contributed by atoms with E-state index in [2.05, 4.69) is 61.1 Å². The highest BCUT2D eigenvalue weighted by Gasteiger charge is 2.19. The number of unbranched alkanes of at least 4 members (excludes halogenated alkanes) is 67. The molecule has 0 aromatic rings. The molecule has 0 aromatic carbocycles. The smallest absolute Gasteiger partial charge is 0.307 e. The van der Waals surface area contributed by atoms with Crippen LogP contribution in [0.2, 0.25) is 0 Å². The Bertz CT molecular complexity index is 2050. The van der Waals surface area contributed by atoms with E-state index in [-0.39, 0.29) is 61.5 Å². The van der Waals surface area contributed by atoms with Crippen LogP contribution in [0.3, 0.4) is 0 Å². The van der Waals surface area contributed by atoms with Crippen molar-refractivity contribution >= 4 is 35.8 Å². The maximum absolute atomic E-state index is 13.6. The number of hydrogen-bond acceptors (Lipinski definition) is 16. The van der Waals surface area contributed by atoms with Gasteiger partial charge < -0.3 is 48.0 Å². The fourth-order valence-corrected chi connectivity index (χ4v) is 17.8. The van der Waals surface area contributed by atoms with Crippen molar-refractivity contribution in [3.8, 4) is 0 Å². The van der Waals surface area contributed by atoms with Crippen LogP contribution in [0, 0.1) is 0 Å². The highest BCUT2D eigenvalue weighted by molar-refractivity contribution is 5.71. The van der Waals surface area contributed by atoms with Crippen LogP contribution in [0.1, 0.15) is 568 Å². The van der Waals surface area contributed by atoms with Crippen LogP contribution in [0.4, 0.5) is 0 Å². The lowest BCUT2D eigenvalue weighted by atomic mass is 10.1. The van der Waals surface area contributed by atoms with Crippen molar-refractivity contribution in [3.63, 3.8) is 0 Å². The lowest BCUT2D eigenvalue weighted by molar-refractivity contribution is -0.146. The zero-order valence-electron chi connectivity index (χ0n) is 86.4. The molecule has 0 aromatic heterocycles. The highest BCUT2D eigenvalue weighted by atomic mass is 16.6. The number of rotatable bonds is 109. The van der Waals surface area contributed by atoms with Gasteiger partial charge in [0, 0.05) is 39.3 Å². The number of hydrogen-bond donors (Lipinski definition) is 0. The minimum Gasteiger partial charge on any atom is -0.466 e. The van der Waals surface area contributed by atoms with Crippen molar-refractivity contribution in [1.29, 1.82) is 0 Å². The fourth-order valence-electron chi connectivity index (χ4n) is 17.8. The summed E-state index contributed by atoms with van der Waals surface area (Å²) in [6, 6.07) is 0. The summed E-state index contributed by atoms with van der Waals surface area (Å²) in [4.78, 5) is 90.1. The van der Waals surface area contributed by atoms with Crippen LogP contribution in [0.5, 0.6) is 0 Å². The predicted octanol–water partition coefficient (Wildman–Crippen LogP) is 31.6. The zero-order chi connectivity index (χ0) is 92.7. The first kappa shape index (κ1) is 125. The predicted molar refractivity (Wildman–Crippen MR) is 544 cm³/mol. The Labute approximate surface area is 794 Å². The maximum Gasteiger partial charge on any atom is 0.307 e. The first-order chi connectivity index (χ1) is 63.0. The molecule has 0 radical (unpaired) electrons. The van der Waals surface area contributed by atoms with Crippen molar-refractivity contribution in [2.75, 3.05) is 118 Å². The normalized spacial score (nSPS) is 11.7. The van der Waals surface area contributed by atoms with E-state index in [9.17, 15) is 28.8 Å². The van der Waals surface area contributed by atoms with Crippen LogP contribution < -0.4 is 0 Å². The molecule has 16 heteroatoms. The highest BCUT2D eigenvalue weighted by Crippen LogP contribution is 2.21. The monoisotopic (exact) mass is 1810 g/mol. The molecule has 0 N–H and O–H groups in total. The average molecular weight is 1810 g/mol. The third-order valence-corrected chi connectivity index (χ3v) is 26.5. The fraction of sp³-hybridized carbons (Fsp3) is 0.946. The van der Waals surface area contributed by atoms with Crippen LogP contribution in [0.25, 0.3) is 0 Å². The van der Waals surface area contributed by atoms with Crippen molar-refractivity contribution in [3.05, 3.63) is 0 Å². The average Bonchev–Trinajstić information content (AvgIpc) is 0.947. The molecule has 0 unspecified atom stereocenters. The van der Waals surface area contributed by atoms with Gasteiger partial charge in [0.05, 0.1) is 78.2 Å². The molecule has 0 aliphatic carbocycles. The molecule has 128 heavy (non-hydrogen) atoms. The number of carbonyl (C=O) groups excluding carboxylic acids is 6. The van der Waals surface area contributed by atoms with Gasteiger partial charge >= 0.3 is 35.8 Å². The summed E-state index contributed by atoms with van der Waals surface area (Å²) in [5.74, 6) is -1.08. The quantitative estimate of drug-likeness (QED) is 0.0320. The van der Waals surface area contributed by atoms with Gasteiger partial charge in [-0.25, -0.2) is 0 Å². The molecular formula is C112H218N4O12. The molecule has 0 rings (SSSR count). The molecule has 0 heterocycles. The van der Waals surface area contributed by atoms with Gasteiger partial charge in [0.2, 0.25) is 0 Å². The lowest BCUT2D eigenvalue weighted by Gasteiger charge is -2.27. The van der Waals surface area contributed by atoms with Gasteiger partial charge in [-0.05, 0) is 103 Å². The standard InChI is InChI=1S/C112H218N4O12/c1-7-13-19-25-31-37-43-49-55-61-67-75-101-123-107(117)83-95-113(91-81-93-115(97-85-109(119)125-103-77-69-63-57-51-45-39-33-27-21-15-9-3)98-86-110(120)126-104-78-70-64-58-52-46-40-34-28-22-16-10-4)89-73-74-90-114(96-84-108(118)124-102-76-68-62-56-50-44-38-32-26-20-14-8-2)92-82-94-116(99-87-111(121)127-105-79-71-65-59-53-47-41-35-29-23-17-11-5)100-88-112(122)128-106-80-72-66-60-54-48-42-36-30-24-18-12-6/h7-106H2,1-6H3.